The number of hydrogen-bond donors (Lipinski definition) is 2. The molecule has 0 bridgehead atoms. The monoisotopic (exact) mass is 858 g/mol. The van der Waals surface area contributed by atoms with Crippen LogP contribution in [0.1, 0.15) is 30.7 Å². The number of aliphatic carboxylic acids is 1. The Bertz CT molecular complexity index is 1940. The zero-order valence-electron chi connectivity index (χ0n) is 24.4. The molecule has 0 aromatic heterocycles. The molecule has 2 saturated heterocycles. The Morgan fingerprint density at radius 1 is 0.959 bits per heavy atom. The number of carbonyl (C=O) groups is 5. The zero-order valence-corrected chi connectivity index (χ0v) is 29.1. The number of carboxylic acids is 1. The van der Waals surface area contributed by atoms with E-state index in [0.29, 0.717) is 0 Å². The average Bonchev–Trinajstić information content (AvgIpc) is 3.39. The number of amides is 4. The molecule has 19 heteroatoms. The Balaban J connectivity index is 1.61. The maximum absolute atomic E-state index is 15.2. The van der Waals surface area contributed by atoms with E-state index in [0.717, 1.165) is 4.90 Å². The number of phenols is 1. The van der Waals surface area contributed by atoms with Crippen molar-refractivity contribution in [2.24, 2.45) is 17.8 Å². The van der Waals surface area contributed by atoms with E-state index in [4.69, 9.17) is 33.0 Å². The predicted octanol–water partition coefficient (Wildman–Crippen LogP) is 5.66. The van der Waals surface area contributed by atoms with Crippen LogP contribution in [0.3, 0.4) is 0 Å². The molecule has 10 nitrogen and oxygen atoms in total. The summed E-state index contributed by atoms with van der Waals surface area (Å²) in [6.07, 6.45) is 0.0209. The van der Waals surface area contributed by atoms with E-state index in [9.17, 15) is 42.3 Å². The SMILES string of the molecule is COc1cc(C2C3=CCC4C(=O)N(CCC(=O)O)C(=O)C4C3CC3(Cl)C(=O)N(c4c(F)c(F)c(F)c(F)c4F)C(=O)C23Cl)c(Br)c(Br)c1O. The van der Waals surface area contributed by atoms with Gasteiger partial charge in [0.15, 0.2) is 44.5 Å². The number of allylic oxidation sites excluding steroid dienone is 2. The number of phenolic OH excluding ortho intramolecular Hbond substituents is 1. The number of methoxy groups -OCH3 is 1. The summed E-state index contributed by atoms with van der Waals surface area (Å²) in [5.41, 5.74) is -1.81. The lowest BCUT2D eigenvalue weighted by Gasteiger charge is -2.51. The Kier molecular flexibility index (Phi) is 8.64. The molecule has 2 aromatic rings. The highest BCUT2D eigenvalue weighted by Crippen LogP contribution is 2.67. The summed E-state index contributed by atoms with van der Waals surface area (Å²) in [4.78, 5) is 61.9. The topological polar surface area (TPSA) is 142 Å². The minimum atomic E-state index is -2.81. The molecule has 3 fully saturated rings. The van der Waals surface area contributed by atoms with Crippen LogP contribution in [-0.2, 0) is 24.0 Å². The highest BCUT2D eigenvalue weighted by Gasteiger charge is 2.77. The molecule has 6 rings (SSSR count). The number of carbonyl (C=O) groups excluding carboxylic acids is 4. The lowest BCUT2D eigenvalue weighted by Crippen LogP contribution is -2.60. The normalized spacial score (nSPS) is 29.2. The van der Waals surface area contributed by atoms with E-state index < -0.39 is 123 Å². The highest BCUT2D eigenvalue weighted by atomic mass is 79.9. The number of benzene rings is 2. The summed E-state index contributed by atoms with van der Waals surface area (Å²) < 4.78 is 78.4. The summed E-state index contributed by atoms with van der Waals surface area (Å²) in [7, 11) is 1.18. The molecule has 2 aliphatic carbocycles. The first-order valence-corrected chi connectivity index (χ1v) is 16.5. The van der Waals surface area contributed by atoms with E-state index in [2.05, 4.69) is 31.9 Å². The van der Waals surface area contributed by atoms with Gasteiger partial charge in [0.25, 0.3) is 11.8 Å². The van der Waals surface area contributed by atoms with Gasteiger partial charge in [0.2, 0.25) is 17.6 Å². The first kappa shape index (κ1) is 35.5. The van der Waals surface area contributed by atoms with Crippen LogP contribution in [0.2, 0.25) is 0 Å². The van der Waals surface area contributed by atoms with Crippen LogP contribution in [0.4, 0.5) is 27.6 Å². The van der Waals surface area contributed by atoms with E-state index in [-0.39, 0.29) is 37.2 Å². The minimum absolute atomic E-state index is 0.00496. The van der Waals surface area contributed by atoms with Crippen molar-refractivity contribution in [3.05, 3.63) is 61.3 Å². The molecule has 0 spiro atoms. The Morgan fingerprint density at radius 2 is 1.55 bits per heavy atom. The third kappa shape index (κ3) is 4.63. The van der Waals surface area contributed by atoms with Gasteiger partial charge in [-0.25, -0.2) is 26.9 Å². The van der Waals surface area contributed by atoms with Gasteiger partial charge in [-0.15, -0.1) is 23.2 Å². The van der Waals surface area contributed by atoms with Gasteiger partial charge in [0, 0.05) is 16.9 Å². The van der Waals surface area contributed by atoms with Crippen LogP contribution in [0, 0.1) is 46.8 Å². The lowest BCUT2D eigenvalue weighted by molar-refractivity contribution is -0.142. The van der Waals surface area contributed by atoms with Gasteiger partial charge in [-0.2, -0.15) is 0 Å². The van der Waals surface area contributed by atoms with E-state index in [1.807, 2.05) is 0 Å². The largest absolute Gasteiger partial charge is 0.503 e. The molecule has 2 aromatic carbocycles. The number of anilines is 1. The van der Waals surface area contributed by atoms with Gasteiger partial charge >= 0.3 is 5.97 Å². The van der Waals surface area contributed by atoms with Crippen LogP contribution < -0.4 is 9.64 Å². The first-order valence-electron chi connectivity index (χ1n) is 14.2. The van der Waals surface area contributed by atoms with Crippen LogP contribution >= 0.6 is 55.1 Å². The maximum Gasteiger partial charge on any atom is 0.305 e. The molecule has 0 radical (unpaired) electrons. The van der Waals surface area contributed by atoms with E-state index >= 15 is 8.78 Å². The van der Waals surface area contributed by atoms with Crippen molar-refractivity contribution in [3.8, 4) is 11.5 Å². The molecule has 2 aliphatic heterocycles. The number of rotatable bonds is 6. The maximum atomic E-state index is 15.2. The first-order chi connectivity index (χ1) is 22.9. The molecule has 1 saturated carbocycles. The number of aromatic hydroxyl groups is 1. The van der Waals surface area contributed by atoms with Gasteiger partial charge < -0.3 is 14.9 Å². The third-order valence-corrected chi connectivity index (χ3v) is 13.1. The van der Waals surface area contributed by atoms with Gasteiger partial charge in [0.05, 0.1) is 29.8 Å². The number of imide groups is 2. The highest BCUT2D eigenvalue weighted by molar-refractivity contribution is 9.13. The van der Waals surface area contributed by atoms with Crippen molar-refractivity contribution in [1.82, 2.24) is 4.90 Å². The number of alkyl halides is 2. The number of fused-ring (bicyclic) bond motifs is 4. The van der Waals surface area contributed by atoms with Crippen molar-refractivity contribution in [2.75, 3.05) is 18.6 Å². The smallest absolute Gasteiger partial charge is 0.305 e. The predicted molar refractivity (Wildman–Crippen MR) is 165 cm³/mol. The molecule has 260 valence electrons. The average molecular weight is 861 g/mol. The molecule has 49 heavy (non-hydrogen) atoms. The molecule has 6 unspecified atom stereocenters. The molecule has 4 amide bonds. The third-order valence-electron chi connectivity index (χ3n) is 9.57. The molecular weight excluding hydrogens is 842 g/mol. The van der Waals surface area contributed by atoms with Crippen LogP contribution in [0.25, 0.3) is 0 Å². The zero-order chi connectivity index (χ0) is 36.2. The van der Waals surface area contributed by atoms with E-state index in [1.165, 1.54) is 19.3 Å². The molecular formula is C30H19Br2Cl2F5N2O8. The number of halogens is 9. The van der Waals surface area contributed by atoms with Crippen molar-refractivity contribution < 1.29 is 60.9 Å². The van der Waals surface area contributed by atoms with Crippen molar-refractivity contribution >= 4 is 90.3 Å². The van der Waals surface area contributed by atoms with Gasteiger partial charge in [0.1, 0.15) is 5.69 Å². The number of carboxylic acid groups (broad SMARTS) is 1. The Morgan fingerprint density at radius 3 is 2.12 bits per heavy atom. The molecule has 2 heterocycles. The summed E-state index contributed by atoms with van der Waals surface area (Å²) in [5.74, 6) is -24.5. The minimum Gasteiger partial charge on any atom is -0.503 e. The number of ether oxygens (including phenoxy) is 1. The number of likely N-dealkylation sites (tertiary alicyclic amines) is 1. The van der Waals surface area contributed by atoms with Crippen LogP contribution in [-0.4, -0.2) is 68.1 Å². The lowest BCUT2D eigenvalue weighted by atomic mass is 9.56. The van der Waals surface area contributed by atoms with Crippen molar-refractivity contribution in [3.63, 3.8) is 0 Å². The second-order valence-corrected chi connectivity index (χ2v) is 14.6. The second-order valence-electron chi connectivity index (χ2n) is 11.8. The molecule has 2 N–H and O–H groups in total. The summed E-state index contributed by atoms with van der Waals surface area (Å²) in [5, 5.41) is 19.8. The van der Waals surface area contributed by atoms with Crippen molar-refractivity contribution in [1.29, 1.82) is 0 Å². The fraction of sp³-hybridized carbons (Fsp3) is 0.367. The second kappa shape index (κ2) is 11.9. The molecule has 6 atom stereocenters. The fourth-order valence-electron chi connectivity index (χ4n) is 7.38. The standard InChI is InChI=1S/C30H19Br2Cl2F5N2O8/c1-49-12-6-10(16(31)17(32)24(12)44)15-8-2-3-9-14(26(46)40(25(9)45)5-4-13(42)43)11(8)7-29(33)27(47)41(28(48)30(15,29)34)23-21(38)19(36)18(35)20(37)22(23)39/h2,6,9,11,14-15,44H,3-5,7H2,1H3,(H,42,43). The van der Waals surface area contributed by atoms with E-state index in [1.54, 1.807) is 0 Å². The van der Waals surface area contributed by atoms with Crippen LogP contribution in [0.15, 0.2) is 26.7 Å². The van der Waals surface area contributed by atoms with Crippen molar-refractivity contribution in [2.45, 2.75) is 34.9 Å². The number of nitrogens with zero attached hydrogens (tertiary/aromatic N) is 2. The summed E-state index contributed by atoms with van der Waals surface area (Å²) >= 11 is 20.7. The number of hydrogen-bond acceptors (Lipinski definition) is 7. The fourth-order valence-corrected chi connectivity index (χ4v) is 9.27. The van der Waals surface area contributed by atoms with Gasteiger partial charge in [-0.05, 0) is 62.2 Å². The van der Waals surface area contributed by atoms with Crippen LogP contribution in [0.5, 0.6) is 11.5 Å². The molecule has 4 aliphatic rings. The van der Waals surface area contributed by atoms with Gasteiger partial charge in [-0.1, -0.05) is 11.6 Å². The van der Waals surface area contributed by atoms with Gasteiger partial charge in [-0.3, -0.25) is 28.9 Å². The Labute approximate surface area is 299 Å². The Hall–Kier alpha value is -3.28. The summed E-state index contributed by atoms with van der Waals surface area (Å²) in [6.45, 7) is -0.476. The summed E-state index contributed by atoms with van der Waals surface area (Å²) in [6, 6.07) is 1.20. The quantitative estimate of drug-likeness (QED) is 0.0948.